The number of carbonyl (C=O) groups is 3. The van der Waals surface area contributed by atoms with Gasteiger partial charge in [-0.2, -0.15) is 0 Å². The molecular weight excluding hydrogens is 367 g/mol. The number of benzene rings is 2. The molecule has 0 spiro atoms. The molecule has 2 aromatic carbocycles. The van der Waals surface area contributed by atoms with Crippen molar-refractivity contribution in [1.82, 2.24) is 5.32 Å². The standard InChI is InChI=1S/C20H19FN2O5/c1-12(19(25)22-11-13-6-8-14(21)9-7-13)27-18(24)10-17-20(26)23-15-4-2-3-5-16(15)28-17/h2-9,12,17H,10-11H2,1H3,(H,22,25)(H,23,26)/t12-,17-/m0/s1. The average molecular weight is 386 g/mol. The van der Waals surface area contributed by atoms with Crippen molar-refractivity contribution in [2.75, 3.05) is 5.32 Å². The van der Waals surface area contributed by atoms with Crippen LogP contribution in [0, 0.1) is 5.82 Å². The first kappa shape index (κ1) is 19.3. The summed E-state index contributed by atoms with van der Waals surface area (Å²) < 4.78 is 23.5. The smallest absolute Gasteiger partial charge is 0.310 e. The summed E-state index contributed by atoms with van der Waals surface area (Å²) in [7, 11) is 0. The summed E-state index contributed by atoms with van der Waals surface area (Å²) in [5.74, 6) is -1.59. The highest BCUT2D eigenvalue weighted by Gasteiger charge is 2.31. The molecule has 8 heteroatoms. The Morgan fingerprint density at radius 2 is 1.93 bits per heavy atom. The van der Waals surface area contributed by atoms with E-state index >= 15 is 0 Å². The molecule has 3 rings (SSSR count). The first-order valence-electron chi connectivity index (χ1n) is 8.70. The molecule has 1 heterocycles. The van der Waals surface area contributed by atoms with Crippen LogP contribution in [0.5, 0.6) is 5.75 Å². The largest absolute Gasteiger partial charge is 0.478 e. The predicted molar refractivity (Wildman–Crippen MR) is 97.9 cm³/mol. The van der Waals surface area contributed by atoms with Gasteiger partial charge in [-0.25, -0.2) is 4.39 Å². The van der Waals surface area contributed by atoms with Crippen LogP contribution in [0.15, 0.2) is 48.5 Å². The number of hydrogen-bond donors (Lipinski definition) is 2. The molecule has 0 radical (unpaired) electrons. The number of amides is 2. The van der Waals surface area contributed by atoms with Gasteiger partial charge < -0.3 is 20.1 Å². The second-order valence-electron chi connectivity index (χ2n) is 6.27. The molecule has 0 fully saturated rings. The van der Waals surface area contributed by atoms with Crippen LogP contribution in [0.1, 0.15) is 18.9 Å². The van der Waals surface area contributed by atoms with E-state index in [2.05, 4.69) is 10.6 Å². The van der Waals surface area contributed by atoms with Gasteiger partial charge >= 0.3 is 5.97 Å². The van der Waals surface area contributed by atoms with Crippen LogP contribution in [0.3, 0.4) is 0 Å². The van der Waals surface area contributed by atoms with Gasteiger partial charge in [0.1, 0.15) is 11.6 Å². The Morgan fingerprint density at radius 3 is 2.68 bits per heavy atom. The molecule has 2 atom stereocenters. The Bertz CT molecular complexity index is 884. The van der Waals surface area contributed by atoms with Crippen LogP contribution in [-0.2, 0) is 25.7 Å². The molecule has 2 N–H and O–H groups in total. The lowest BCUT2D eigenvalue weighted by molar-refractivity contribution is -0.157. The number of nitrogens with one attached hydrogen (secondary N) is 2. The van der Waals surface area contributed by atoms with Crippen molar-refractivity contribution in [1.29, 1.82) is 0 Å². The molecule has 1 aliphatic heterocycles. The number of hydrogen-bond acceptors (Lipinski definition) is 5. The summed E-state index contributed by atoms with van der Waals surface area (Å²) in [6.45, 7) is 1.60. The number of esters is 1. The third kappa shape index (κ3) is 4.85. The van der Waals surface area contributed by atoms with Crippen LogP contribution in [0.4, 0.5) is 10.1 Å². The minimum atomic E-state index is -1.05. The van der Waals surface area contributed by atoms with E-state index in [1.807, 2.05) is 0 Å². The molecule has 0 unspecified atom stereocenters. The van der Waals surface area contributed by atoms with Gasteiger partial charge in [-0.3, -0.25) is 14.4 Å². The summed E-state index contributed by atoms with van der Waals surface area (Å²) in [5, 5.41) is 5.26. The third-order valence-electron chi connectivity index (χ3n) is 4.12. The Hall–Kier alpha value is -3.42. The Morgan fingerprint density at radius 1 is 1.21 bits per heavy atom. The van der Waals surface area contributed by atoms with Crippen molar-refractivity contribution < 1.29 is 28.2 Å². The monoisotopic (exact) mass is 386 g/mol. The van der Waals surface area contributed by atoms with E-state index in [0.29, 0.717) is 17.0 Å². The maximum absolute atomic E-state index is 12.9. The van der Waals surface area contributed by atoms with E-state index in [1.54, 1.807) is 36.4 Å². The molecule has 0 saturated carbocycles. The summed E-state index contributed by atoms with van der Waals surface area (Å²) in [6.07, 6.45) is -2.40. The fraction of sp³-hybridized carbons (Fsp3) is 0.250. The Labute approximate surface area is 160 Å². The van der Waals surface area contributed by atoms with Crippen molar-refractivity contribution in [3.05, 3.63) is 59.9 Å². The van der Waals surface area contributed by atoms with Gasteiger partial charge in [0.25, 0.3) is 11.8 Å². The van der Waals surface area contributed by atoms with Crippen molar-refractivity contribution in [2.24, 2.45) is 0 Å². The average Bonchev–Trinajstić information content (AvgIpc) is 2.67. The van der Waals surface area contributed by atoms with E-state index in [0.717, 1.165) is 0 Å². The van der Waals surface area contributed by atoms with Gasteiger partial charge in [-0.1, -0.05) is 24.3 Å². The highest BCUT2D eigenvalue weighted by atomic mass is 19.1. The van der Waals surface area contributed by atoms with Gasteiger partial charge in [0, 0.05) is 6.54 Å². The molecule has 146 valence electrons. The van der Waals surface area contributed by atoms with Gasteiger partial charge in [0.05, 0.1) is 12.1 Å². The van der Waals surface area contributed by atoms with Crippen LogP contribution >= 0.6 is 0 Å². The summed E-state index contributed by atoms with van der Waals surface area (Å²) in [5.41, 5.74) is 1.24. The zero-order valence-electron chi connectivity index (χ0n) is 15.1. The van der Waals surface area contributed by atoms with E-state index < -0.39 is 30.0 Å². The van der Waals surface area contributed by atoms with Crippen LogP contribution < -0.4 is 15.4 Å². The normalized spacial score (nSPS) is 16.2. The van der Waals surface area contributed by atoms with E-state index in [-0.39, 0.29) is 18.8 Å². The lowest BCUT2D eigenvalue weighted by Gasteiger charge is -2.25. The predicted octanol–water partition coefficient (Wildman–Crippen LogP) is 2.16. The minimum absolute atomic E-state index is 0.173. The lowest BCUT2D eigenvalue weighted by atomic mass is 10.1. The number of anilines is 1. The molecule has 0 saturated heterocycles. The lowest BCUT2D eigenvalue weighted by Crippen LogP contribution is -2.40. The van der Waals surface area contributed by atoms with E-state index in [4.69, 9.17) is 9.47 Å². The molecule has 0 bridgehead atoms. The van der Waals surface area contributed by atoms with Gasteiger partial charge in [-0.15, -0.1) is 0 Å². The zero-order valence-corrected chi connectivity index (χ0v) is 15.1. The molecule has 0 aliphatic carbocycles. The highest BCUT2D eigenvalue weighted by Crippen LogP contribution is 2.29. The summed E-state index contributed by atoms with van der Waals surface area (Å²) in [4.78, 5) is 36.2. The number of rotatable bonds is 6. The second-order valence-corrected chi connectivity index (χ2v) is 6.27. The highest BCUT2D eigenvalue weighted by molar-refractivity contribution is 5.99. The van der Waals surface area contributed by atoms with Crippen LogP contribution in [0.25, 0.3) is 0 Å². The van der Waals surface area contributed by atoms with Crippen molar-refractivity contribution >= 4 is 23.5 Å². The zero-order chi connectivity index (χ0) is 20.1. The third-order valence-corrected chi connectivity index (χ3v) is 4.12. The molecule has 1 aliphatic rings. The van der Waals surface area contributed by atoms with Gasteiger partial charge in [0.15, 0.2) is 12.2 Å². The Balaban J connectivity index is 1.48. The number of carbonyl (C=O) groups excluding carboxylic acids is 3. The second kappa shape index (κ2) is 8.51. The fourth-order valence-electron chi connectivity index (χ4n) is 2.61. The molecule has 28 heavy (non-hydrogen) atoms. The summed E-state index contributed by atoms with van der Waals surface area (Å²) in [6, 6.07) is 12.5. The van der Waals surface area contributed by atoms with Gasteiger partial charge in [-0.05, 0) is 36.8 Å². The summed E-state index contributed by atoms with van der Waals surface area (Å²) >= 11 is 0. The van der Waals surface area contributed by atoms with Crippen molar-refractivity contribution in [2.45, 2.75) is 32.1 Å². The number of para-hydroxylation sites is 2. The van der Waals surface area contributed by atoms with Crippen LogP contribution in [0.2, 0.25) is 0 Å². The number of halogens is 1. The quantitative estimate of drug-likeness (QED) is 0.742. The maximum atomic E-state index is 12.9. The number of fused-ring (bicyclic) bond motifs is 1. The minimum Gasteiger partial charge on any atom is -0.478 e. The first-order chi connectivity index (χ1) is 13.4. The van der Waals surface area contributed by atoms with Crippen molar-refractivity contribution in [3.8, 4) is 5.75 Å². The Kier molecular flexibility index (Phi) is 5.88. The topological polar surface area (TPSA) is 93.7 Å². The molecule has 0 aromatic heterocycles. The molecule has 2 aromatic rings. The SMILES string of the molecule is C[C@H](OC(=O)C[C@@H]1Oc2ccccc2NC1=O)C(=O)NCc1ccc(F)cc1. The van der Waals surface area contributed by atoms with Crippen LogP contribution in [-0.4, -0.2) is 30.0 Å². The van der Waals surface area contributed by atoms with Gasteiger partial charge in [0.2, 0.25) is 0 Å². The molecule has 7 nitrogen and oxygen atoms in total. The molecule has 2 amide bonds. The first-order valence-corrected chi connectivity index (χ1v) is 8.70. The van der Waals surface area contributed by atoms with Crippen molar-refractivity contribution in [3.63, 3.8) is 0 Å². The fourth-order valence-corrected chi connectivity index (χ4v) is 2.61. The molecular formula is C20H19FN2O5. The van der Waals surface area contributed by atoms with E-state index in [9.17, 15) is 18.8 Å². The number of ether oxygens (including phenoxy) is 2. The maximum Gasteiger partial charge on any atom is 0.310 e. The van der Waals surface area contributed by atoms with E-state index in [1.165, 1.54) is 19.1 Å².